The summed E-state index contributed by atoms with van der Waals surface area (Å²) in [6, 6.07) is 19.0. The number of piperazine rings is 1. The van der Waals surface area contributed by atoms with Gasteiger partial charge in [0.15, 0.2) is 0 Å². The molecule has 3 aromatic rings. The first-order chi connectivity index (χ1) is 16.6. The van der Waals surface area contributed by atoms with Crippen LogP contribution in [-0.2, 0) is 10.0 Å². The average Bonchev–Trinajstić information content (AvgIpc) is 3.34. The highest BCUT2D eigenvalue weighted by atomic mass is 32.2. The Labute approximate surface area is 200 Å². The van der Waals surface area contributed by atoms with Gasteiger partial charge in [0.05, 0.1) is 4.90 Å². The first-order valence-electron chi connectivity index (χ1n) is 11.6. The van der Waals surface area contributed by atoms with Crippen LogP contribution in [-0.4, -0.2) is 57.0 Å². The molecule has 0 bridgehead atoms. The molecule has 0 amide bonds. The van der Waals surface area contributed by atoms with Crippen molar-refractivity contribution in [3.63, 3.8) is 0 Å². The van der Waals surface area contributed by atoms with Crippen molar-refractivity contribution in [2.24, 2.45) is 0 Å². The van der Waals surface area contributed by atoms with Gasteiger partial charge < -0.3 is 14.2 Å². The number of hydrogen-bond donors (Lipinski definition) is 0. The average molecular weight is 478 g/mol. The van der Waals surface area contributed by atoms with Crippen molar-refractivity contribution in [3.05, 3.63) is 60.3 Å². The minimum atomic E-state index is -3.50. The number of para-hydroxylation sites is 1. The van der Waals surface area contributed by atoms with Gasteiger partial charge in [-0.15, -0.1) is 0 Å². The Morgan fingerprint density at radius 3 is 2.12 bits per heavy atom. The van der Waals surface area contributed by atoms with Crippen LogP contribution in [0.2, 0.25) is 0 Å². The van der Waals surface area contributed by atoms with Gasteiger partial charge in [0.1, 0.15) is 6.07 Å². The highest BCUT2D eigenvalue weighted by Crippen LogP contribution is 2.30. The minimum Gasteiger partial charge on any atom is -0.419 e. The van der Waals surface area contributed by atoms with E-state index in [-0.39, 0.29) is 10.6 Å². The monoisotopic (exact) mass is 477 g/mol. The van der Waals surface area contributed by atoms with Crippen LogP contribution in [0.4, 0.5) is 11.6 Å². The number of sulfonamides is 1. The first-order valence-corrected chi connectivity index (χ1v) is 13.1. The third-order valence-electron chi connectivity index (χ3n) is 6.46. The Hall–Kier alpha value is -3.35. The van der Waals surface area contributed by atoms with Gasteiger partial charge in [-0.1, -0.05) is 24.6 Å². The smallest absolute Gasteiger partial charge is 0.243 e. The topological polar surface area (TPSA) is 93.7 Å². The van der Waals surface area contributed by atoms with Crippen molar-refractivity contribution in [1.82, 2.24) is 9.29 Å². The molecule has 9 heteroatoms. The maximum Gasteiger partial charge on any atom is 0.243 e. The molecule has 0 spiro atoms. The van der Waals surface area contributed by atoms with E-state index >= 15 is 0 Å². The van der Waals surface area contributed by atoms with Gasteiger partial charge >= 0.3 is 0 Å². The van der Waals surface area contributed by atoms with Crippen molar-refractivity contribution in [3.8, 4) is 17.5 Å². The predicted molar refractivity (Wildman–Crippen MR) is 130 cm³/mol. The second-order valence-corrected chi connectivity index (χ2v) is 10.5. The summed E-state index contributed by atoms with van der Waals surface area (Å²) in [6.07, 6.45) is 2.86. The van der Waals surface area contributed by atoms with E-state index in [0.29, 0.717) is 43.5 Å². The molecule has 176 valence electrons. The Morgan fingerprint density at radius 1 is 0.824 bits per heavy atom. The number of anilines is 2. The summed E-state index contributed by atoms with van der Waals surface area (Å²) in [6.45, 7) is 4.19. The second kappa shape index (κ2) is 9.49. The minimum absolute atomic E-state index is 0.244. The van der Waals surface area contributed by atoms with Crippen molar-refractivity contribution in [2.75, 3.05) is 49.1 Å². The van der Waals surface area contributed by atoms with E-state index in [9.17, 15) is 13.7 Å². The van der Waals surface area contributed by atoms with Gasteiger partial charge in [-0.05, 0) is 49.2 Å². The van der Waals surface area contributed by atoms with E-state index in [0.717, 1.165) is 32.4 Å². The number of piperidine rings is 1. The molecule has 3 heterocycles. The molecule has 0 aliphatic carbocycles. The molecule has 2 saturated heterocycles. The zero-order valence-electron chi connectivity index (χ0n) is 18.9. The maximum atomic E-state index is 12.9. The Bertz CT molecular complexity index is 1270. The zero-order valence-corrected chi connectivity index (χ0v) is 19.7. The zero-order chi connectivity index (χ0) is 23.5. The Balaban J connectivity index is 1.32. The number of oxazole rings is 1. The van der Waals surface area contributed by atoms with Crippen LogP contribution in [0, 0.1) is 11.3 Å². The van der Waals surface area contributed by atoms with E-state index in [1.54, 1.807) is 28.6 Å². The van der Waals surface area contributed by atoms with Crippen molar-refractivity contribution in [1.29, 1.82) is 5.26 Å². The van der Waals surface area contributed by atoms with Gasteiger partial charge in [0, 0.05) is 50.5 Å². The predicted octanol–water partition coefficient (Wildman–Crippen LogP) is 3.71. The van der Waals surface area contributed by atoms with Gasteiger partial charge in [-0.3, -0.25) is 0 Å². The van der Waals surface area contributed by atoms with Crippen molar-refractivity contribution in [2.45, 2.75) is 24.2 Å². The molecule has 1 aromatic heterocycles. The fraction of sp³-hybridized carbons (Fsp3) is 0.360. The van der Waals surface area contributed by atoms with E-state index in [2.05, 4.69) is 28.1 Å². The Morgan fingerprint density at radius 2 is 1.47 bits per heavy atom. The van der Waals surface area contributed by atoms with Crippen LogP contribution in [0.1, 0.15) is 25.0 Å². The third kappa shape index (κ3) is 4.39. The SMILES string of the molecule is N#Cc1nc(-c2ccc(S(=O)(=O)N3CCCCC3)cc2)oc1N1CCN(c2ccccc2)CC1. The van der Waals surface area contributed by atoms with Crippen LogP contribution >= 0.6 is 0 Å². The molecule has 5 rings (SSSR count). The van der Waals surface area contributed by atoms with Gasteiger partial charge in [0.2, 0.25) is 27.5 Å². The molecule has 0 radical (unpaired) electrons. The molecule has 2 aromatic carbocycles. The largest absolute Gasteiger partial charge is 0.419 e. The van der Waals surface area contributed by atoms with Crippen molar-refractivity contribution >= 4 is 21.6 Å². The maximum absolute atomic E-state index is 12.9. The Kier molecular flexibility index (Phi) is 6.26. The summed E-state index contributed by atoms with van der Waals surface area (Å²) in [5.41, 5.74) is 2.07. The molecule has 0 N–H and O–H groups in total. The lowest BCUT2D eigenvalue weighted by Gasteiger charge is -2.35. The fourth-order valence-corrected chi connectivity index (χ4v) is 6.07. The molecule has 2 fully saturated rings. The number of nitriles is 1. The third-order valence-corrected chi connectivity index (χ3v) is 8.37. The number of aromatic nitrogens is 1. The number of benzene rings is 2. The molecular formula is C25H27N5O3S. The van der Waals surface area contributed by atoms with Crippen LogP contribution in [0.3, 0.4) is 0 Å². The van der Waals surface area contributed by atoms with E-state index in [4.69, 9.17) is 4.42 Å². The van der Waals surface area contributed by atoms with Crippen LogP contribution < -0.4 is 9.80 Å². The summed E-state index contributed by atoms with van der Waals surface area (Å²) in [5, 5.41) is 9.64. The van der Waals surface area contributed by atoms with Crippen molar-refractivity contribution < 1.29 is 12.8 Å². The summed E-state index contributed by atoms with van der Waals surface area (Å²) in [4.78, 5) is 9.01. The number of hydrogen-bond acceptors (Lipinski definition) is 7. The number of nitrogens with zero attached hydrogens (tertiary/aromatic N) is 5. The standard InChI is InChI=1S/C25H27N5O3S/c26-19-23-25(29-17-15-28(16-18-29)21-7-3-1-4-8-21)33-24(27-23)20-9-11-22(12-10-20)34(31,32)30-13-5-2-6-14-30/h1,3-4,7-12H,2,5-6,13-18H2. The second-order valence-electron chi connectivity index (χ2n) is 8.58. The molecule has 8 nitrogen and oxygen atoms in total. The van der Waals surface area contributed by atoms with Gasteiger partial charge in [0.25, 0.3) is 0 Å². The fourth-order valence-electron chi connectivity index (χ4n) is 4.55. The lowest BCUT2D eigenvalue weighted by molar-refractivity contribution is 0.346. The van der Waals surface area contributed by atoms with Gasteiger partial charge in [-0.2, -0.15) is 14.6 Å². The van der Waals surface area contributed by atoms with Crippen LogP contribution in [0.5, 0.6) is 0 Å². The summed E-state index contributed by atoms with van der Waals surface area (Å²) < 4.78 is 33.4. The highest BCUT2D eigenvalue weighted by Gasteiger charge is 2.27. The molecule has 2 aliphatic rings. The lowest BCUT2D eigenvalue weighted by atomic mass is 10.2. The summed E-state index contributed by atoms with van der Waals surface area (Å²) in [5.74, 6) is 0.786. The van der Waals surface area contributed by atoms with Crippen LogP contribution in [0.15, 0.2) is 63.9 Å². The summed E-state index contributed by atoms with van der Waals surface area (Å²) >= 11 is 0. The van der Waals surface area contributed by atoms with Crippen LogP contribution in [0.25, 0.3) is 11.5 Å². The normalized spacial score (nSPS) is 17.5. The lowest BCUT2D eigenvalue weighted by Crippen LogP contribution is -2.46. The molecule has 0 atom stereocenters. The van der Waals surface area contributed by atoms with E-state index < -0.39 is 10.0 Å². The van der Waals surface area contributed by atoms with E-state index in [1.807, 2.05) is 23.1 Å². The molecule has 2 aliphatic heterocycles. The highest BCUT2D eigenvalue weighted by molar-refractivity contribution is 7.89. The molecule has 0 saturated carbocycles. The molecular weight excluding hydrogens is 450 g/mol. The van der Waals surface area contributed by atoms with Gasteiger partial charge in [-0.25, -0.2) is 8.42 Å². The quantitative estimate of drug-likeness (QED) is 0.553. The molecule has 34 heavy (non-hydrogen) atoms. The number of rotatable bonds is 5. The van der Waals surface area contributed by atoms with E-state index in [1.165, 1.54) is 5.69 Å². The summed E-state index contributed by atoms with van der Waals surface area (Å²) in [7, 11) is -3.50. The first kappa shape index (κ1) is 22.4. The molecule has 0 unspecified atom stereocenters.